The predicted molar refractivity (Wildman–Crippen MR) is 143 cm³/mol. The molecular weight excluding hydrogens is 489 g/mol. The number of carbonyl (C=O) groups excluding carboxylic acids is 2. The summed E-state index contributed by atoms with van der Waals surface area (Å²) < 4.78 is 32.2. The van der Waals surface area contributed by atoms with Gasteiger partial charge >= 0.3 is 12.1 Å². The summed E-state index contributed by atoms with van der Waals surface area (Å²) >= 11 is 0. The van der Waals surface area contributed by atoms with Gasteiger partial charge in [0.1, 0.15) is 24.9 Å². The maximum Gasteiger partial charge on any atom is 0.407 e. The summed E-state index contributed by atoms with van der Waals surface area (Å²) in [7, 11) is -3.35. The molecule has 0 aliphatic carbocycles. The summed E-state index contributed by atoms with van der Waals surface area (Å²) in [6.07, 6.45) is -1.73. The van der Waals surface area contributed by atoms with E-state index in [9.17, 15) is 9.59 Å². The predicted octanol–water partition coefficient (Wildman–Crippen LogP) is 4.40. The van der Waals surface area contributed by atoms with Crippen molar-refractivity contribution in [3.8, 4) is 0 Å². The summed E-state index contributed by atoms with van der Waals surface area (Å²) in [6.45, 7) is 3.59. The minimum atomic E-state index is -3.35. The first kappa shape index (κ1) is 26.6. The Hall–Kier alpha value is -3.41. The molecule has 0 saturated carbocycles. The minimum absolute atomic E-state index is 0.00186. The van der Waals surface area contributed by atoms with E-state index in [2.05, 4.69) is 5.32 Å². The van der Waals surface area contributed by atoms with Gasteiger partial charge in [-0.2, -0.15) is 0 Å². The fourth-order valence-electron chi connectivity index (χ4n) is 4.62. The Bertz CT molecular complexity index is 1180. The minimum Gasteiger partial charge on any atom is -0.462 e. The molecule has 0 bridgehead atoms. The van der Waals surface area contributed by atoms with Crippen LogP contribution in [0.5, 0.6) is 0 Å². The highest BCUT2D eigenvalue weighted by Crippen LogP contribution is 2.56. The van der Waals surface area contributed by atoms with Gasteiger partial charge in [-0.3, -0.25) is 4.79 Å². The van der Waals surface area contributed by atoms with Crippen LogP contribution in [0.4, 0.5) is 4.79 Å². The van der Waals surface area contributed by atoms with Gasteiger partial charge in [-0.1, -0.05) is 97.9 Å². The van der Waals surface area contributed by atoms with Crippen molar-refractivity contribution in [1.29, 1.82) is 0 Å². The van der Waals surface area contributed by atoms with Gasteiger partial charge in [0, 0.05) is 24.1 Å². The number of epoxide rings is 1. The van der Waals surface area contributed by atoms with Gasteiger partial charge in [0.2, 0.25) is 0 Å². The molecule has 0 aromatic heterocycles. The summed E-state index contributed by atoms with van der Waals surface area (Å²) in [5.74, 6) is -0.446. The molecule has 1 aliphatic heterocycles. The second-order valence-corrected chi connectivity index (χ2v) is 11.9. The third kappa shape index (κ3) is 6.48. The van der Waals surface area contributed by atoms with E-state index >= 15 is 4.57 Å². The molecule has 0 radical (unpaired) electrons. The van der Waals surface area contributed by atoms with Crippen molar-refractivity contribution < 1.29 is 28.4 Å². The van der Waals surface area contributed by atoms with Gasteiger partial charge in [0.05, 0.1) is 5.66 Å². The van der Waals surface area contributed by atoms with E-state index in [-0.39, 0.29) is 6.61 Å². The molecule has 4 atom stereocenters. The van der Waals surface area contributed by atoms with Crippen LogP contribution in [0, 0.1) is 0 Å². The first-order valence-corrected chi connectivity index (χ1v) is 14.2. The average Bonchev–Trinajstić information content (AvgIpc) is 3.70. The molecule has 3 aromatic rings. The maximum absolute atomic E-state index is 15.1. The van der Waals surface area contributed by atoms with E-state index in [0.29, 0.717) is 23.6 Å². The number of hydrogen-bond acceptors (Lipinski definition) is 6. The van der Waals surface area contributed by atoms with Crippen LogP contribution in [0.1, 0.15) is 25.8 Å². The van der Waals surface area contributed by atoms with Crippen molar-refractivity contribution >= 4 is 29.8 Å². The second-order valence-electron chi connectivity index (χ2n) is 8.95. The number of alkyl carbamates (subject to hydrolysis) is 1. The number of ether oxygens (including phenoxy) is 3. The number of esters is 1. The van der Waals surface area contributed by atoms with Crippen LogP contribution in [0.15, 0.2) is 91.0 Å². The molecule has 1 N–H and O–H groups in total. The van der Waals surface area contributed by atoms with E-state index < -0.39 is 43.2 Å². The molecule has 1 saturated heterocycles. The van der Waals surface area contributed by atoms with Crippen LogP contribution in [0.2, 0.25) is 0 Å². The zero-order valence-corrected chi connectivity index (χ0v) is 21.9. The van der Waals surface area contributed by atoms with Crippen LogP contribution >= 0.6 is 7.14 Å². The molecule has 8 heteroatoms. The van der Waals surface area contributed by atoms with Crippen LogP contribution in [-0.4, -0.2) is 42.6 Å². The van der Waals surface area contributed by atoms with Crippen molar-refractivity contribution in [2.24, 2.45) is 0 Å². The van der Waals surface area contributed by atoms with Crippen molar-refractivity contribution in [2.45, 2.75) is 50.8 Å². The normalized spacial score (nSPS) is 18.3. The van der Waals surface area contributed by atoms with Crippen molar-refractivity contribution in [3.63, 3.8) is 0 Å². The van der Waals surface area contributed by atoms with Gasteiger partial charge in [0.15, 0.2) is 7.14 Å². The van der Waals surface area contributed by atoms with Crippen LogP contribution < -0.4 is 15.9 Å². The van der Waals surface area contributed by atoms with Crippen molar-refractivity contribution in [1.82, 2.24) is 5.32 Å². The Balaban J connectivity index is 1.56. The van der Waals surface area contributed by atoms with Crippen LogP contribution in [0.3, 0.4) is 0 Å². The Morgan fingerprint density at radius 3 is 1.97 bits per heavy atom. The molecule has 3 aromatic carbocycles. The summed E-state index contributed by atoms with van der Waals surface area (Å²) in [5, 5.41) is 4.05. The number of amides is 1. The highest BCUT2D eigenvalue weighted by molar-refractivity contribution is 7.79. The molecule has 1 fully saturated rings. The lowest BCUT2D eigenvalue weighted by Crippen LogP contribution is -2.41. The Morgan fingerprint density at radius 1 is 0.919 bits per heavy atom. The zero-order chi connectivity index (χ0) is 26.3. The number of nitrogens with one attached hydrogen (secondary N) is 1. The summed E-state index contributed by atoms with van der Waals surface area (Å²) in [6, 6.07) is 28.0. The largest absolute Gasteiger partial charge is 0.462 e. The van der Waals surface area contributed by atoms with Crippen LogP contribution in [0.25, 0.3) is 0 Å². The SMILES string of the molecule is CC[C@@H](OC(C)=O)[C@@H]([C@@H]1O[C@H]1COC(=O)NCc1ccccc1)P(=O)(c1ccccc1)c1ccccc1. The quantitative estimate of drug-likeness (QED) is 0.228. The highest BCUT2D eigenvalue weighted by atomic mass is 31.2. The number of hydrogen-bond donors (Lipinski definition) is 1. The monoisotopic (exact) mass is 521 g/mol. The average molecular weight is 522 g/mol. The molecule has 0 spiro atoms. The van der Waals surface area contributed by atoms with E-state index in [4.69, 9.17) is 14.2 Å². The van der Waals surface area contributed by atoms with Crippen molar-refractivity contribution in [3.05, 3.63) is 96.6 Å². The first-order valence-electron chi connectivity index (χ1n) is 12.4. The molecule has 1 aliphatic rings. The number of rotatable bonds is 11. The third-order valence-electron chi connectivity index (χ3n) is 6.42. The lowest BCUT2D eigenvalue weighted by Gasteiger charge is -2.33. The Labute approximate surface area is 217 Å². The molecule has 7 nitrogen and oxygen atoms in total. The number of benzene rings is 3. The van der Waals surface area contributed by atoms with Gasteiger partial charge in [-0.05, 0) is 12.0 Å². The molecule has 194 valence electrons. The van der Waals surface area contributed by atoms with E-state index in [1.165, 1.54) is 6.92 Å². The third-order valence-corrected chi connectivity index (χ3v) is 10.0. The fraction of sp³-hybridized carbons (Fsp3) is 0.310. The molecule has 0 unspecified atom stereocenters. The van der Waals surface area contributed by atoms with Gasteiger partial charge in [0.25, 0.3) is 0 Å². The van der Waals surface area contributed by atoms with E-state index in [1.807, 2.05) is 97.9 Å². The van der Waals surface area contributed by atoms with Crippen molar-refractivity contribution in [2.75, 3.05) is 6.61 Å². The van der Waals surface area contributed by atoms with Crippen LogP contribution in [-0.2, 0) is 30.1 Å². The van der Waals surface area contributed by atoms with Gasteiger partial charge < -0.3 is 24.1 Å². The van der Waals surface area contributed by atoms with E-state index in [1.54, 1.807) is 0 Å². The van der Waals surface area contributed by atoms with Gasteiger partial charge in [-0.25, -0.2) is 4.79 Å². The second kappa shape index (κ2) is 12.2. The lowest BCUT2D eigenvalue weighted by molar-refractivity contribution is -0.146. The molecular formula is C29H32NO6P. The summed E-state index contributed by atoms with van der Waals surface area (Å²) in [4.78, 5) is 24.3. The number of carbonyl (C=O) groups is 2. The highest BCUT2D eigenvalue weighted by Gasteiger charge is 2.57. The molecule has 4 rings (SSSR count). The lowest BCUT2D eigenvalue weighted by atomic mass is 10.1. The smallest absolute Gasteiger partial charge is 0.407 e. The Morgan fingerprint density at radius 2 is 1.46 bits per heavy atom. The zero-order valence-electron chi connectivity index (χ0n) is 21.0. The maximum atomic E-state index is 15.1. The topological polar surface area (TPSA) is 94.2 Å². The summed E-state index contributed by atoms with van der Waals surface area (Å²) in [5.41, 5.74) is 0.311. The molecule has 1 amide bonds. The standard InChI is InChI=1S/C29H32NO6P/c1-3-25(35-21(2)31)28(37(33,23-15-9-5-10-16-23)24-17-11-6-12-18-24)27-26(36-27)20-34-29(32)30-19-22-13-7-4-8-14-22/h4-18,25-28H,3,19-20H2,1-2H3,(H,30,32)/t25-,26+,27-,28+/m1/s1. The molecule has 37 heavy (non-hydrogen) atoms. The van der Waals surface area contributed by atoms with Gasteiger partial charge in [-0.15, -0.1) is 0 Å². The fourth-order valence-corrected chi connectivity index (χ4v) is 8.26. The van der Waals surface area contributed by atoms with E-state index in [0.717, 1.165) is 5.56 Å². The Kier molecular flexibility index (Phi) is 8.80. The molecule has 1 heterocycles. The first-order chi connectivity index (χ1) is 17.9.